The molecule has 0 saturated heterocycles. The van der Waals surface area contributed by atoms with E-state index in [4.69, 9.17) is 14.9 Å². The second-order valence-corrected chi connectivity index (χ2v) is 7.14. The van der Waals surface area contributed by atoms with Gasteiger partial charge in [-0.05, 0) is 43.9 Å². The molecule has 0 bridgehead atoms. The molecule has 5 nitrogen and oxygen atoms in total. The molecule has 1 aromatic rings. The van der Waals surface area contributed by atoms with Crippen molar-refractivity contribution in [2.75, 3.05) is 0 Å². The Labute approximate surface area is 125 Å². The smallest absolute Gasteiger partial charge is 0.335 e. The van der Waals surface area contributed by atoms with Gasteiger partial charge in [0.2, 0.25) is 0 Å². The van der Waals surface area contributed by atoms with E-state index in [9.17, 15) is 9.36 Å². The second kappa shape index (κ2) is 8.32. The van der Waals surface area contributed by atoms with E-state index >= 15 is 0 Å². The van der Waals surface area contributed by atoms with Crippen LogP contribution >= 0.6 is 7.60 Å². The van der Waals surface area contributed by atoms with Crippen LogP contribution in [0.2, 0.25) is 0 Å². The third kappa shape index (κ3) is 6.89. The third-order valence-electron chi connectivity index (χ3n) is 3.50. The Morgan fingerprint density at radius 2 is 1.67 bits per heavy atom. The van der Waals surface area contributed by atoms with Crippen LogP contribution in [-0.4, -0.2) is 26.3 Å². The van der Waals surface area contributed by atoms with E-state index < -0.39 is 19.0 Å². The molecule has 0 spiro atoms. The van der Waals surface area contributed by atoms with E-state index in [1.54, 1.807) is 12.1 Å². The molecule has 0 aliphatic carbocycles. The van der Waals surface area contributed by atoms with Crippen LogP contribution in [0.15, 0.2) is 24.3 Å². The standard InChI is InChI=1S/C15H23O5P/c1-12(16)15(21(18,19)20)7-5-3-2-4-6-13-8-10-14(17)11-9-13/h8-11,15,17H,2-7H2,1H3,(H2,18,19,20). The van der Waals surface area contributed by atoms with Crippen LogP contribution in [0.4, 0.5) is 0 Å². The largest absolute Gasteiger partial charge is 0.508 e. The first-order valence-electron chi connectivity index (χ1n) is 7.14. The Morgan fingerprint density at radius 3 is 2.19 bits per heavy atom. The first-order valence-corrected chi connectivity index (χ1v) is 8.82. The molecule has 0 aliphatic rings. The fourth-order valence-electron chi connectivity index (χ4n) is 2.29. The predicted octanol–water partition coefficient (Wildman–Crippen LogP) is 3.02. The molecule has 1 aromatic carbocycles. The third-order valence-corrected chi connectivity index (χ3v) is 4.94. The van der Waals surface area contributed by atoms with E-state index in [2.05, 4.69) is 0 Å². The van der Waals surface area contributed by atoms with Crippen molar-refractivity contribution >= 4 is 13.4 Å². The van der Waals surface area contributed by atoms with Gasteiger partial charge in [0.15, 0.2) is 0 Å². The van der Waals surface area contributed by atoms with Crippen LogP contribution in [-0.2, 0) is 15.8 Å². The number of aromatic hydroxyl groups is 1. The number of hydrogen-bond donors (Lipinski definition) is 3. The summed E-state index contributed by atoms with van der Waals surface area (Å²) in [6.45, 7) is 1.23. The summed E-state index contributed by atoms with van der Waals surface area (Å²) in [7, 11) is -4.31. The van der Waals surface area contributed by atoms with E-state index in [0.29, 0.717) is 6.42 Å². The Morgan fingerprint density at radius 1 is 1.10 bits per heavy atom. The van der Waals surface area contributed by atoms with Gasteiger partial charge in [0.05, 0.1) is 0 Å². The monoisotopic (exact) mass is 314 g/mol. The van der Waals surface area contributed by atoms with Crippen LogP contribution in [0.5, 0.6) is 5.75 Å². The minimum Gasteiger partial charge on any atom is -0.508 e. The highest BCUT2D eigenvalue weighted by molar-refractivity contribution is 7.53. The number of benzene rings is 1. The van der Waals surface area contributed by atoms with Gasteiger partial charge < -0.3 is 14.9 Å². The molecule has 0 saturated carbocycles. The first-order chi connectivity index (χ1) is 9.80. The van der Waals surface area contributed by atoms with Crippen molar-refractivity contribution in [2.45, 2.75) is 51.1 Å². The topological polar surface area (TPSA) is 94.8 Å². The Kier molecular flexibility index (Phi) is 7.09. The maximum absolute atomic E-state index is 11.2. The number of rotatable bonds is 9. The number of Topliss-reactive ketones (excluding diaryl/α,β-unsaturated/α-hetero) is 1. The van der Waals surface area contributed by atoms with Gasteiger partial charge >= 0.3 is 7.60 Å². The van der Waals surface area contributed by atoms with Crippen molar-refractivity contribution in [3.63, 3.8) is 0 Å². The Balaban J connectivity index is 2.21. The Hall–Kier alpha value is -1.16. The summed E-state index contributed by atoms with van der Waals surface area (Å²) < 4.78 is 11.2. The van der Waals surface area contributed by atoms with Gasteiger partial charge in [-0.3, -0.25) is 9.36 Å². The van der Waals surface area contributed by atoms with Gasteiger partial charge in [-0.1, -0.05) is 31.4 Å². The van der Waals surface area contributed by atoms with Gasteiger partial charge in [-0.15, -0.1) is 0 Å². The van der Waals surface area contributed by atoms with Gasteiger partial charge in [0.1, 0.15) is 17.2 Å². The molecule has 0 aliphatic heterocycles. The average Bonchev–Trinajstić information content (AvgIpc) is 2.37. The van der Waals surface area contributed by atoms with E-state index in [0.717, 1.165) is 31.2 Å². The fourth-order valence-corrected chi connectivity index (χ4v) is 3.28. The highest BCUT2D eigenvalue weighted by Gasteiger charge is 2.31. The van der Waals surface area contributed by atoms with E-state index in [-0.39, 0.29) is 12.2 Å². The quantitative estimate of drug-likeness (QED) is 0.481. The fraction of sp³-hybridized carbons (Fsp3) is 0.533. The molecule has 0 heterocycles. The van der Waals surface area contributed by atoms with Crippen molar-refractivity contribution < 1.29 is 24.3 Å². The molecule has 1 atom stereocenters. The molecule has 6 heteroatoms. The van der Waals surface area contributed by atoms with Gasteiger partial charge in [0.25, 0.3) is 0 Å². The molecule has 3 N–H and O–H groups in total. The van der Waals surface area contributed by atoms with Crippen LogP contribution in [0.3, 0.4) is 0 Å². The lowest BCUT2D eigenvalue weighted by atomic mass is 10.0. The molecule has 0 radical (unpaired) electrons. The number of phenolic OH excluding ortho intramolecular Hbond substituents is 1. The summed E-state index contributed by atoms with van der Waals surface area (Å²) in [5, 5.41) is 9.17. The molecule has 21 heavy (non-hydrogen) atoms. The highest BCUT2D eigenvalue weighted by Crippen LogP contribution is 2.44. The van der Waals surface area contributed by atoms with Crippen molar-refractivity contribution in [1.82, 2.24) is 0 Å². The number of carbonyl (C=O) groups is 1. The van der Waals surface area contributed by atoms with E-state index in [1.165, 1.54) is 6.92 Å². The van der Waals surface area contributed by atoms with Gasteiger partial charge in [0, 0.05) is 0 Å². The minimum absolute atomic E-state index is 0.249. The van der Waals surface area contributed by atoms with Gasteiger partial charge in [-0.25, -0.2) is 0 Å². The van der Waals surface area contributed by atoms with Crippen LogP contribution in [0.1, 0.15) is 44.6 Å². The average molecular weight is 314 g/mol. The van der Waals surface area contributed by atoms with E-state index in [1.807, 2.05) is 12.1 Å². The molecular formula is C15H23O5P. The lowest BCUT2D eigenvalue weighted by molar-refractivity contribution is -0.117. The van der Waals surface area contributed by atoms with Crippen molar-refractivity contribution in [1.29, 1.82) is 0 Å². The minimum atomic E-state index is -4.31. The zero-order valence-electron chi connectivity index (χ0n) is 12.2. The maximum Gasteiger partial charge on any atom is 0.335 e. The second-order valence-electron chi connectivity index (χ2n) is 5.33. The lowest BCUT2D eigenvalue weighted by Gasteiger charge is -2.14. The molecule has 0 fully saturated rings. The van der Waals surface area contributed by atoms with Crippen molar-refractivity contribution in [3.8, 4) is 5.75 Å². The lowest BCUT2D eigenvalue weighted by Crippen LogP contribution is -2.17. The SMILES string of the molecule is CC(=O)C(CCCCCCc1ccc(O)cc1)P(=O)(O)O. The highest BCUT2D eigenvalue weighted by atomic mass is 31.2. The summed E-state index contributed by atoms with van der Waals surface area (Å²) in [5.74, 6) is -0.182. The van der Waals surface area contributed by atoms with Crippen LogP contribution in [0.25, 0.3) is 0 Å². The number of unbranched alkanes of at least 4 members (excludes halogenated alkanes) is 3. The summed E-state index contributed by atoms with van der Waals surface area (Å²) in [6.07, 6.45) is 4.58. The molecule has 0 aromatic heterocycles. The van der Waals surface area contributed by atoms with Crippen LogP contribution < -0.4 is 0 Å². The number of carbonyl (C=O) groups excluding carboxylic acids is 1. The van der Waals surface area contributed by atoms with Crippen molar-refractivity contribution in [2.24, 2.45) is 0 Å². The summed E-state index contributed by atoms with van der Waals surface area (Å²) in [6, 6.07) is 7.09. The molecule has 1 unspecified atom stereocenters. The number of hydrogen-bond acceptors (Lipinski definition) is 3. The maximum atomic E-state index is 11.2. The molecule has 118 valence electrons. The number of ketones is 1. The number of aryl methyl sites for hydroxylation is 1. The first kappa shape index (κ1) is 17.9. The summed E-state index contributed by atoms with van der Waals surface area (Å²) in [4.78, 5) is 29.4. The molecule has 1 rings (SSSR count). The number of phenols is 1. The predicted molar refractivity (Wildman–Crippen MR) is 81.4 cm³/mol. The summed E-state index contributed by atoms with van der Waals surface area (Å²) in [5.41, 5.74) is 0.0132. The summed E-state index contributed by atoms with van der Waals surface area (Å²) >= 11 is 0. The van der Waals surface area contributed by atoms with Gasteiger partial charge in [-0.2, -0.15) is 0 Å². The zero-order valence-corrected chi connectivity index (χ0v) is 13.1. The zero-order chi connectivity index (χ0) is 15.9. The van der Waals surface area contributed by atoms with Crippen LogP contribution in [0, 0.1) is 0 Å². The Bertz CT molecular complexity index is 491. The molecule has 0 amide bonds. The normalized spacial score (nSPS) is 13.1. The molecular weight excluding hydrogens is 291 g/mol. The van der Waals surface area contributed by atoms with Crippen molar-refractivity contribution in [3.05, 3.63) is 29.8 Å².